The highest BCUT2D eigenvalue weighted by atomic mass is 16.3. The van der Waals surface area contributed by atoms with Gasteiger partial charge in [-0.05, 0) is 19.0 Å². The van der Waals surface area contributed by atoms with Gasteiger partial charge in [0.1, 0.15) is 0 Å². The van der Waals surface area contributed by atoms with Crippen molar-refractivity contribution in [2.45, 2.75) is 12.5 Å². The summed E-state index contributed by atoms with van der Waals surface area (Å²) in [6.45, 7) is 1.20. The summed E-state index contributed by atoms with van der Waals surface area (Å²) in [6.07, 6.45) is 2.75. The van der Waals surface area contributed by atoms with Crippen LogP contribution >= 0.6 is 0 Å². The van der Waals surface area contributed by atoms with Gasteiger partial charge in [0.25, 0.3) is 0 Å². The highest BCUT2D eigenvalue weighted by Crippen LogP contribution is 2.18. The molecule has 0 aromatic heterocycles. The molecule has 0 saturated carbocycles. The summed E-state index contributed by atoms with van der Waals surface area (Å²) in [5, 5.41) is 17.6. The van der Waals surface area contributed by atoms with Gasteiger partial charge in [-0.2, -0.15) is 0 Å². The molecule has 3 nitrogen and oxygen atoms in total. The topological polar surface area (TPSA) is 43.7 Å². The van der Waals surface area contributed by atoms with Crippen LogP contribution in [0.25, 0.3) is 0 Å². The van der Waals surface area contributed by atoms with E-state index in [9.17, 15) is 0 Å². The molecule has 1 atom stereocenters. The van der Waals surface area contributed by atoms with Gasteiger partial charge < -0.3 is 10.2 Å². The highest BCUT2D eigenvalue weighted by molar-refractivity contribution is 5.17. The van der Waals surface area contributed by atoms with Crippen LogP contribution in [-0.2, 0) is 0 Å². The van der Waals surface area contributed by atoms with E-state index in [0.717, 1.165) is 18.5 Å². The first-order valence-electron chi connectivity index (χ1n) is 3.90. The molecule has 3 heteroatoms. The van der Waals surface area contributed by atoms with E-state index in [4.69, 9.17) is 10.2 Å². The van der Waals surface area contributed by atoms with Gasteiger partial charge >= 0.3 is 0 Å². The van der Waals surface area contributed by atoms with Gasteiger partial charge in [0.05, 0.1) is 6.61 Å². The lowest BCUT2D eigenvalue weighted by atomic mass is 10.1. The lowest BCUT2D eigenvalue weighted by molar-refractivity contribution is 0.216. The molecule has 11 heavy (non-hydrogen) atoms. The third kappa shape index (κ3) is 1.80. The summed E-state index contributed by atoms with van der Waals surface area (Å²) in [6, 6.07) is 0.255. The summed E-state index contributed by atoms with van der Waals surface area (Å²) >= 11 is 0. The first-order chi connectivity index (χ1) is 5.29. The van der Waals surface area contributed by atoms with E-state index in [2.05, 4.69) is 4.90 Å². The Bertz CT molecular complexity index is 156. The molecule has 1 aliphatic heterocycles. The summed E-state index contributed by atoms with van der Waals surface area (Å²) in [5.41, 5.74) is 1.04. The second kappa shape index (κ2) is 3.85. The monoisotopic (exact) mass is 157 g/mol. The van der Waals surface area contributed by atoms with Crippen LogP contribution in [0.1, 0.15) is 6.42 Å². The molecule has 0 aromatic rings. The fraction of sp³-hybridized carbons (Fsp3) is 0.750. The van der Waals surface area contributed by atoms with E-state index in [1.165, 1.54) is 0 Å². The summed E-state index contributed by atoms with van der Waals surface area (Å²) in [5.74, 6) is 0. The molecule has 0 spiro atoms. The van der Waals surface area contributed by atoms with E-state index >= 15 is 0 Å². The van der Waals surface area contributed by atoms with Crippen LogP contribution in [0.4, 0.5) is 0 Å². The summed E-state index contributed by atoms with van der Waals surface area (Å²) in [4.78, 5) is 2.13. The summed E-state index contributed by atoms with van der Waals surface area (Å²) in [7, 11) is 2.00. The number of hydrogen-bond donors (Lipinski definition) is 2. The van der Waals surface area contributed by atoms with Gasteiger partial charge in [0, 0.05) is 19.2 Å². The van der Waals surface area contributed by atoms with E-state index < -0.39 is 0 Å². The Balaban J connectivity index is 2.51. The molecule has 0 aromatic carbocycles. The molecule has 0 amide bonds. The van der Waals surface area contributed by atoms with Crippen LogP contribution in [0.15, 0.2) is 11.6 Å². The highest BCUT2D eigenvalue weighted by Gasteiger charge is 2.22. The van der Waals surface area contributed by atoms with Gasteiger partial charge in [0.15, 0.2) is 0 Å². The predicted octanol–water partition coefficient (Wildman–Crippen LogP) is -0.399. The Morgan fingerprint density at radius 2 is 2.36 bits per heavy atom. The molecule has 0 aliphatic carbocycles. The minimum Gasteiger partial charge on any atom is -0.396 e. The number of aliphatic hydroxyl groups excluding tert-OH is 2. The van der Waals surface area contributed by atoms with Gasteiger partial charge in [-0.3, -0.25) is 4.90 Å². The van der Waals surface area contributed by atoms with Crippen molar-refractivity contribution in [2.24, 2.45) is 0 Å². The van der Waals surface area contributed by atoms with Crippen LogP contribution in [0.2, 0.25) is 0 Å². The second-order valence-corrected chi connectivity index (χ2v) is 2.90. The maximum atomic E-state index is 8.90. The van der Waals surface area contributed by atoms with E-state index in [-0.39, 0.29) is 19.3 Å². The van der Waals surface area contributed by atoms with Crippen molar-refractivity contribution in [1.29, 1.82) is 0 Å². The smallest absolute Gasteiger partial charge is 0.0657 e. The molecular weight excluding hydrogens is 142 g/mol. The van der Waals surface area contributed by atoms with E-state index in [0.29, 0.717) is 0 Å². The number of rotatable bonds is 3. The zero-order valence-corrected chi connectivity index (χ0v) is 6.82. The first-order valence-corrected chi connectivity index (χ1v) is 3.90. The molecule has 2 N–H and O–H groups in total. The average Bonchev–Trinajstić information content (AvgIpc) is 2.34. The molecule has 0 bridgehead atoms. The Morgan fingerprint density at radius 1 is 1.64 bits per heavy atom. The third-order valence-corrected chi connectivity index (χ3v) is 2.19. The van der Waals surface area contributed by atoms with Crippen LogP contribution in [0.5, 0.6) is 0 Å². The van der Waals surface area contributed by atoms with Crippen LogP contribution < -0.4 is 0 Å². The van der Waals surface area contributed by atoms with Crippen LogP contribution in [0, 0.1) is 0 Å². The quantitative estimate of drug-likeness (QED) is 0.548. The zero-order valence-electron chi connectivity index (χ0n) is 6.82. The average molecular weight is 157 g/mol. The van der Waals surface area contributed by atoms with E-state index in [1.54, 1.807) is 0 Å². The van der Waals surface area contributed by atoms with Crippen LogP contribution in [-0.4, -0.2) is 48.0 Å². The van der Waals surface area contributed by atoms with Crippen molar-refractivity contribution in [3.8, 4) is 0 Å². The molecule has 0 fully saturated rings. The minimum absolute atomic E-state index is 0.120. The standard InChI is InChI=1S/C8H15NO2/c1-9-4-2-7(6-11)8(9)3-5-10/h2,8,10-11H,3-6H2,1H3. The predicted molar refractivity (Wildman–Crippen MR) is 43.3 cm³/mol. The Labute approximate surface area is 66.9 Å². The van der Waals surface area contributed by atoms with Crippen molar-refractivity contribution < 1.29 is 10.2 Å². The third-order valence-electron chi connectivity index (χ3n) is 2.19. The molecular formula is C8H15NO2. The lowest BCUT2D eigenvalue weighted by Crippen LogP contribution is -2.29. The summed E-state index contributed by atoms with van der Waals surface area (Å²) < 4.78 is 0. The molecule has 0 radical (unpaired) electrons. The first kappa shape index (κ1) is 8.71. The molecule has 1 unspecified atom stereocenters. The van der Waals surface area contributed by atoms with Crippen molar-refractivity contribution in [2.75, 3.05) is 26.8 Å². The SMILES string of the molecule is CN1CC=C(CO)C1CCO. The Morgan fingerprint density at radius 3 is 2.91 bits per heavy atom. The molecule has 0 saturated heterocycles. The lowest BCUT2D eigenvalue weighted by Gasteiger charge is -2.21. The molecule has 64 valence electrons. The maximum absolute atomic E-state index is 8.90. The number of aliphatic hydroxyl groups is 2. The minimum atomic E-state index is 0.120. The van der Waals surface area contributed by atoms with Gasteiger partial charge in [-0.25, -0.2) is 0 Å². The largest absolute Gasteiger partial charge is 0.396 e. The molecule has 1 rings (SSSR count). The molecule has 1 aliphatic rings. The zero-order chi connectivity index (χ0) is 8.27. The van der Waals surface area contributed by atoms with Gasteiger partial charge in [0.2, 0.25) is 0 Å². The number of nitrogens with zero attached hydrogens (tertiary/aromatic N) is 1. The van der Waals surface area contributed by atoms with Crippen molar-refractivity contribution in [3.63, 3.8) is 0 Å². The maximum Gasteiger partial charge on any atom is 0.0657 e. The van der Waals surface area contributed by atoms with Crippen molar-refractivity contribution in [3.05, 3.63) is 11.6 Å². The fourth-order valence-corrected chi connectivity index (χ4v) is 1.51. The van der Waals surface area contributed by atoms with Crippen LogP contribution in [0.3, 0.4) is 0 Å². The second-order valence-electron chi connectivity index (χ2n) is 2.90. The number of likely N-dealkylation sites (N-methyl/N-ethyl adjacent to an activating group) is 1. The van der Waals surface area contributed by atoms with Crippen molar-refractivity contribution >= 4 is 0 Å². The Kier molecular flexibility index (Phi) is 3.05. The van der Waals surface area contributed by atoms with E-state index in [1.807, 2.05) is 13.1 Å². The Hall–Kier alpha value is -0.380. The number of hydrogen-bond acceptors (Lipinski definition) is 3. The van der Waals surface area contributed by atoms with Gasteiger partial charge in [-0.1, -0.05) is 6.08 Å². The van der Waals surface area contributed by atoms with Gasteiger partial charge in [-0.15, -0.1) is 0 Å². The normalized spacial score (nSPS) is 25.7. The fourth-order valence-electron chi connectivity index (χ4n) is 1.51. The van der Waals surface area contributed by atoms with Crippen molar-refractivity contribution in [1.82, 2.24) is 4.90 Å². The molecule has 1 heterocycles.